The van der Waals surface area contributed by atoms with Crippen LogP contribution in [0.5, 0.6) is 0 Å². The Kier molecular flexibility index (Phi) is 2.82. The predicted molar refractivity (Wildman–Crippen MR) is 48.0 cm³/mol. The Bertz CT molecular complexity index is 243. The van der Waals surface area contributed by atoms with E-state index in [1.165, 1.54) is 19.3 Å². The van der Waals surface area contributed by atoms with E-state index in [1.54, 1.807) is 6.08 Å². The van der Waals surface area contributed by atoms with Crippen molar-refractivity contribution in [2.45, 2.75) is 10.6 Å². The topological polar surface area (TPSA) is 46.5 Å². The Balaban J connectivity index is 2.89. The van der Waals surface area contributed by atoms with Crippen molar-refractivity contribution in [2.75, 3.05) is 7.11 Å². The van der Waals surface area contributed by atoms with Crippen LogP contribution in [0.1, 0.15) is 0 Å². The number of alkyl halides is 1. The Hall–Kier alpha value is -0.450. The van der Waals surface area contributed by atoms with Gasteiger partial charge < -0.3 is 9.84 Å². The van der Waals surface area contributed by atoms with Crippen molar-refractivity contribution in [3.8, 4) is 0 Å². The molecule has 1 aliphatic carbocycles. The molecule has 1 N–H and O–H groups in total. The molecule has 2 atom stereocenters. The predicted octanol–water partition coefficient (Wildman–Crippen LogP) is 0.780. The lowest BCUT2D eigenvalue weighted by Gasteiger charge is -2.27. The maximum absolute atomic E-state index is 10.4. The van der Waals surface area contributed by atoms with Crippen molar-refractivity contribution in [1.82, 2.24) is 0 Å². The zero-order valence-corrected chi connectivity index (χ0v) is 8.11. The van der Waals surface area contributed by atoms with E-state index in [-0.39, 0.29) is 0 Å². The summed E-state index contributed by atoms with van der Waals surface area (Å²) in [6.07, 6.45) is 4.76. The largest absolute Gasteiger partial charge is 0.373 e. The SMILES string of the molecule is COC1C=C(C=O)C=CC1(O)Br. The van der Waals surface area contributed by atoms with Crippen LogP contribution in [-0.2, 0) is 9.53 Å². The molecular weight excluding hydrogens is 224 g/mol. The summed E-state index contributed by atoms with van der Waals surface area (Å²) in [5.74, 6) is 0. The first-order chi connectivity index (χ1) is 5.60. The first-order valence-electron chi connectivity index (χ1n) is 3.40. The minimum Gasteiger partial charge on any atom is -0.373 e. The highest BCUT2D eigenvalue weighted by Gasteiger charge is 2.32. The van der Waals surface area contributed by atoms with Gasteiger partial charge in [-0.25, -0.2) is 0 Å². The minimum absolute atomic E-state index is 0.506. The van der Waals surface area contributed by atoms with Gasteiger partial charge in [0, 0.05) is 12.7 Å². The Morgan fingerprint density at radius 2 is 2.50 bits per heavy atom. The lowest BCUT2D eigenvalue weighted by Crippen LogP contribution is -2.36. The molecule has 0 aromatic carbocycles. The average molecular weight is 233 g/mol. The third-order valence-corrected chi connectivity index (χ3v) is 2.36. The van der Waals surface area contributed by atoms with Crippen molar-refractivity contribution >= 4 is 22.2 Å². The van der Waals surface area contributed by atoms with Crippen LogP contribution in [0.25, 0.3) is 0 Å². The molecule has 1 rings (SSSR count). The molecule has 0 saturated carbocycles. The molecule has 4 heteroatoms. The molecule has 0 fully saturated rings. The summed E-state index contributed by atoms with van der Waals surface area (Å²) in [6.45, 7) is 0. The second-order valence-electron chi connectivity index (χ2n) is 2.50. The van der Waals surface area contributed by atoms with Gasteiger partial charge >= 0.3 is 0 Å². The van der Waals surface area contributed by atoms with Crippen molar-refractivity contribution in [2.24, 2.45) is 0 Å². The van der Waals surface area contributed by atoms with Gasteiger partial charge in [-0.2, -0.15) is 0 Å². The number of allylic oxidation sites excluding steroid dienone is 2. The Morgan fingerprint density at radius 3 is 3.00 bits per heavy atom. The summed E-state index contributed by atoms with van der Waals surface area (Å²) in [5.41, 5.74) is 0.506. The summed E-state index contributed by atoms with van der Waals surface area (Å²) in [6, 6.07) is 0. The molecule has 0 aliphatic heterocycles. The highest BCUT2D eigenvalue weighted by Crippen LogP contribution is 2.28. The van der Waals surface area contributed by atoms with Crippen LogP contribution < -0.4 is 0 Å². The van der Waals surface area contributed by atoms with E-state index in [1.807, 2.05) is 0 Å². The van der Waals surface area contributed by atoms with Crippen molar-refractivity contribution in [3.05, 3.63) is 23.8 Å². The van der Waals surface area contributed by atoms with Gasteiger partial charge in [0.25, 0.3) is 0 Å². The number of rotatable bonds is 2. The van der Waals surface area contributed by atoms with E-state index < -0.39 is 10.6 Å². The standard InChI is InChI=1S/C8H9BrO3/c1-12-7-4-6(5-10)2-3-8(7,9)11/h2-5,7,11H,1H3. The maximum atomic E-state index is 10.4. The summed E-state index contributed by atoms with van der Waals surface area (Å²) in [5, 5.41) is 9.59. The number of hydrogen-bond acceptors (Lipinski definition) is 3. The summed E-state index contributed by atoms with van der Waals surface area (Å²) in [4.78, 5) is 10.4. The van der Waals surface area contributed by atoms with E-state index in [2.05, 4.69) is 15.9 Å². The van der Waals surface area contributed by atoms with Crippen LogP contribution in [0.15, 0.2) is 23.8 Å². The number of ether oxygens (including phenoxy) is 1. The fraction of sp³-hybridized carbons (Fsp3) is 0.375. The zero-order chi connectivity index (χ0) is 9.19. The lowest BCUT2D eigenvalue weighted by molar-refractivity contribution is -0.104. The number of carbonyl (C=O) groups is 1. The number of carbonyl (C=O) groups excluding carboxylic acids is 1. The molecule has 0 heterocycles. The van der Waals surface area contributed by atoms with Crippen molar-refractivity contribution in [1.29, 1.82) is 0 Å². The van der Waals surface area contributed by atoms with Crippen LogP contribution >= 0.6 is 15.9 Å². The van der Waals surface area contributed by atoms with Crippen molar-refractivity contribution < 1.29 is 14.6 Å². The van der Waals surface area contributed by atoms with Gasteiger partial charge in [-0.05, 0) is 28.1 Å². The summed E-state index contributed by atoms with van der Waals surface area (Å²) in [7, 11) is 1.47. The molecule has 3 nitrogen and oxygen atoms in total. The Morgan fingerprint density at radius 1 is 1.83 bits per heavy atom. The highest BCUT2D eigenvalue weighted by atomic mass is 79.9. The van der Waals surface area contributed by atoms with Crippen LogP contribution in [0.2, 0.25) is 0 Å². The smallest absolute Gasteiger partial charge is 0.168 e. The second kappa shape index (κ2) is 3.51. The quantitative estimate of drug-likeness (QED) is 0.566. The summed E-state index contributed by atoms with van der Waals surface area (Å²) >= 11 is 3.06. The number of methoxy groups -OCH3 is 1. The summed E-state index contributed by atoms with van der Waals surface area (Å²) < 4.78 is 3.75. The molecule has 2 unspecified atom stereocenters. The van der Waals surface area contributed by atoms with Gasteiger partial charge in [0.1, 0.15) is 12.4 Å². The zero-order valence-electron chi connectivity index (χ0n) is 6.53. The fourth-order valence-electron chi connectivity index (χ4n) is 0.967. The molecule has 0 aromatic heterocycles. The molecule has 12 heavy (non-hydrogen) atoms. The number of aliphatic hydroxyl groups is 1. The fourth-order valence-corrected chi connectivity index (χ4v) is 1.42. The van der Waals surface area contributed by atoms with E-state index >= 15 is 0 Å². The molecule has 0 amide bonds. The third-order valence-electron chi connectivity index (χ3n) is 1.64. The number of halogens is 1. The molecule has 66 valence electrons. The van der Waals surface area contributed by atoms with Gasteiger partial charge in [-0.3, -0.25) is 4.79 Å². The van der Waals surface area contributed by atoms with E-state index in [0.717, 1.165) is 0 Å². The van der Waals surface area contributed by atoms with Gasteiger partial charge in [-0.1, -0.05) is 6.08 Å². The molecule has 0 bridgehead atoms. The molecule has 0 saturated heterocycles. The highest BCUT2D eigenvalue weighted by molar-refractivity contribution is 9.10. The normalized spacial score (nSPS) is 34.6. The van der Waals surface area contributed by atoms with E-state index in [9.17, 15) is 9.90 Å². The average Bonchev–Trinajstić information content (AvgIpc) is 2.04. The molecule has 1 aliphatic rings. The number of hydrogen-bond donors (Lipinski definition) is 1. The van der Waals surface area contributed by atoms with Gasteiger partial charge in [-0.15, -0.1) is 0 Å². The first-order valence-corrected chi connectivity index (χ1v) is 4.20. The minimum atomic E-state index is -1.20. The van der Waals surface area contributed by atoms with Crippen LogP contribution in [0.4, 0.5) is 0 Å². The van der Waals surface area contributed by atoms with Crippen LogP contribution in [0, 0.1) is 0 Å². The first kappa shape index (κ1) is 9.64. The van der Waals surface area contributed by atoms with Gasteiger partial charge in [0.05, 0.1) is 0 Å². The monoisotopic (exact) mass is 232 g/mol. The van der Waals surface area contributed by atoms with E-state index in [4.69, 9.17) is 4.74 Å². The van der Waals surface area contributed by atoms with Gasteiger partial charge in [0.15, 0.2) is 4.51 Å². The van der Waals surface area contributed by atoms with Crippen molar-refractivity contribution in [3.63, 3.8) is 0 Å². The molecule has 0 radical (unpaired) electrons. The second-order valence-corrected chi connectivity index (χ2v) is 3.77. The van der Waals surface area contributed by atoms with E-state index in [0.29, 0.717) is 11.9 Å². The lowest BCUT2D eigenvalue weighted by atomic mass is 10.0. The molecule has 0 aromatic rings. The number of aldehydes is 1. The molecule has 0 spiro atoms. The molecular formula is C8H9BrO3. The Labute approximate surface area is 78.8 Å². The van der Waals surface area contributed by atoms with Crippen LogP contribution in [0.3, 0.4) is 0 Å². The maximum Gasteiger partial charge on any atom is 0.168 e. The van der Waals surface area contributed by atoms with Crippen LogP contribution in [-0.4, -0.2) is 29.1 Å². The van der Waals surface area contributed by atoms with Gasteiger partial charge in [0.2, 0.25) is 0 Å². The third kappa shape index (κ3) is 1.83.